The number of carboxylic acids is 1. The smallest absolute Gasteiger partial charge is 0.328 e. The van der Waals surface area contributed by atoms with Gasteiger partial charge >= 0.3 is 5.97 Å². The van der Waals surface area contributed by atoms with E-state index in [0.29, 0.717) is 10.9 Å². The predicted molar refractivity (Wildman–Crippen MR) is 58.4 cm³/mol. The largest absolute Gasteiger partial charge is 0.478 e. The van der Waals surface area contributed by atoms with E-state index in [9.17, 15) is 9.18 Å². The lowest BCUT2D eigenvalue weighted by atomic mass is 10.1. The zero-order valence-electron chi connectivity index (χ0n) is 8.22. The molecule has 0 unspecified atom stereocenters. The molecule has 0 aliphatic heterocycles. The van der Waals surface area contributed by atoms with Crippen molar-refractivity contribution in [3.05, 3.63) is 47.9 Å². The average molecular weight is 217 g/mol. The van der Waals surface area contributed by atoms with Crippen molar-refractivity contribution >= 4 is 22.9 Å². The molecular formula is C12H8FNO2. The van der Waals surface area contributed by atoms with E-state index in [2.05, 4.69) is 4.98 Å². The third-order valence-corrected chi connectivity index (χ3v) is 2.16. The highest BCUT2D eigenvalue weighted by Gasteiger charge is 2.03. The van der Waals surface area contributed by atoms with Crippen molar-refractivity contribution in [3.63, 3.8) is 0 Å². The van der Waals surface area contributed by atoms with Crippen molar-refractivity contribution in [1.82, 2.24) is 4.98 Å². The molecule has 0 atom stereocenters. The molecule has 1 heterocycles. The number of pyridine rings is 1. The normalized spacial score (nSPS) is 11.1. The van der Waals surface area contributed by atoms with Gasteiger partial charge in [0.25, 0.3) is 0 Å². The summed E-state index contributed by atoms with van der Waals surface area (Å²) in [6.07, 6.45) is 3.89. The maximum absolute atomic E-state index is 13.4. The van der Waals surface area contributed by atoms with E-state index < -0.39 is 11.8 Å². The van der Waals surface area contributed by atoms with Crippen molar-refractivity contribution in [3.8, 4) is 0 Å². The topological polar surface area (TPSA) is 50.2 Å². The highest BCUT2D eigenvalue weighted by atomic mass is 19.1. The lowest BCUT2D eigenvalue weighted by molar-refractivity contribution is -0.131. The van der Waals surface area contributed by atoms with Crippen LogP contribution in [0.3, 0.4) is 0 Å². The molecule has 0 saturated carbocycles. The van der Waals surface area contributed by atoms with Crippen molar-refractivity contribution in [1.29, 1.82) is 0 Å². The summed E-state index contributed by atoms with van der Waals surface area (Å²) < 4.78 is 13.4. The average Bonchev–Trinajstić information content (AvgIpc) is 2.27. The number of rotatable bonds is 2. The molecule has 2 aromatic rings. The summed E-state index contributed by atoms with van der Waals surface area (Å²) >= 11 is 0. The first-order valence-electron chi connectivity index (χ1n) is 4.63. The minimum atomic E-state index is -1.04. The number of carbonyl (C=O) groups is 1. The van der Waals surface area contributed by atoms with Crippen molar-refractivity contribution in [2.24, 2.45) is 0 Å². The fraction of sp³-hybridized carbons (Fsp3) is 0. The van der Waals surface area contributed by atoms with E-state index in [-0.39, 0.29) is 5.52 Å². The maximum atomic E-state index is 13.4. The van der Waals surface area contributed by atoms with E-state index >= 15 is 0 Å². The van der Waals surface area contributed by atoms with E-state index in [0.717, 1.165) is 6.08 Å². The van der Waals surface area contributed by atoms with Crippen molar-refractivity contribution in [2.45, 2.75) is 0 Å². The number of hydrogen-bond donors (Lipinski definition) is 1. The molecule has 4 heteroatoms. The number of hydrogen-bond acceptors (Lipinski definition) is 2. The molecule has 0 aliphatic carbocycles. The zero-order valence-corrected chi connectivity index (χ0v) is 8.22. The van der Waals surface area contributed by atoms with Gasteiger partial charge < -0.3 is 5.11 Å². The second kappa shape index (κ2) is 4.10. The number of carboxylic acid groups (broad SMARTS) is 1. The second-order valence-corrected chi connectivity index (χ2v) is 3.21. The molecule has 1 N–H and O–H groups in total. The SMILES string of the molecule is O=C(O)/C=C/c1ccnc2c(F)cccc12. The highest BCUT2D eigenvalue weighted by molar-refractivity contribution is 5.92. The van der Waals surface area contributed by atoms with Crippen LogP contribution in [-0.2, 0) is 4.79 Å². The van der Waals surface area contributed by atoms with Gasteiger partial charge in [-0.25, -0.2) is 9.18 Å². The summed E-state index contributed by atoms with van der Waals surface area (Å²) in [7, 11) is 0. The minimum absolute atomic E-state index is 0.245. The Balaban J connectivity index is 2.63. The quantitative estimate of drug-likeness (QED) is 0.786. The fourth-order valence-electron chi connectivity index (χ4n) is 1.47. The summed E-state index contributed by atoms with van der Waals surface area (Å²) in [5.41, 5.74) is 0.877. The van der Waals surface area contributed by atoms with Gasteiger partial charge in [-0.15, -0.1) is 0 Å². The van der Waals surface area contributed by atoms with Crippen molar-refractivity contribution < 1.29 is 14.3 Å². The Morgan fingerprint density at radius 1 is 1.38 bits per heavy atom. The molecule has 0 amide bonds. The molecule has 80 valence electrons. The predicted octanol–water partition coefficient (Wildman–Crippen LogP) is 2.47. The molecule has 0 aliphatic rings. The summed E-state index contributed by atoms with van der Waals surface area (Å²) in [5.74, 6) is -1.45. The van der Waals surface area contributed by atoms with Gasteiger partial charge in [0.2, 0.25) is 0 Å². The Bertz CT molecular complexity index is 578. The fourth-order valence-corrected chi connectivity index (χ4v) is 1.47. The van der Waals surface area contributed by atoms with E-state index in [1.807, 2.05) is 0 Å². The molecule has 0 radical (unpaired) electrons. The van der Waals surface area contributed by atoms with Crippen LogP contribution < -0.4 is 0 Å². The molecule has 1 aromatic carbocycles. The second-order valence-electron chi connectivity index (χ2n) is 3.21. The Hall–Kier alpha value is -2.23. The van der Waals surface area contributed by atoms with Gasteiger partial charge in [0.15, 0.2) is 0 Å². The highest BCUT2D eigenvalue weighted by Crippen LogP contribution is 2.20. The Morgan fingerprint density at radius 3 is 2.94 bits per heavy atom. The first-order chi connectivity index (χ1) is 7.68. The number of fused-ring (bicyclic) bond motifs is 1. The lowest BCUT2D eigenvalue weighted by Crippen LogP contribution is -1.88. The van der Waals surface area contributed by atoms with Crippen LogP contribution >= 0.6 is 0 Å². The first-order valence-corrected chi connectivity index (χ1v) is 4.63. The van der Waals surface area contributed by atoms with Gasteiger partial charge in [-0.2, -0.15) is 0 Å². The molecule has 3 nitrogen and oxygen atoms in total. The Morgan fingerprint density at radius 2 is 2.19 bits per heavy atom. The minimum Gasteiger partial charge on any atom is -0.478 e. The van der Waals surface area contributed by atoms with Gasteiger partial charge in [0, 0.05) is 17.7 Å². The molecular weight excluding hydrogens is 209 g/mol. The maximum Gasteiger partial charge on any atom is 0.328 e. The van der Waals surface area contributed by atoms with E-state index in [1.54, 1.807) is 18.2 Å². The summed E-state index contributed by atoms with van der Waals surface area (Å²) in [6.45, 7) is 0. The van der Waals surface area contributed by atoms with Crippen LogP contribution in [0.15, 0.2) is 36.5 Å². The van der Waals surface area contributed by atoms with Crippen LogP contribution in [0, 0.1) is 5.82 Å². The summed E-state index contributed by atoms with van der Waals surface area (Å²) in [4.78, 5) is 14.3. The monoisotopic (exact) mass is 217 g/mol. The molecule has 0 saturated heterocycles. The molecule has 0 fully saturated rings. The number of benzene rings is 1. The standard InChI is InChI=1S/C12H8FNO2/c13-10-3-1-2-9-8(4-5-11(15)16)6-7-14-12(9)10/h1-7H,(H,15,16)/b5-4+. The van der Waals surface area contributed by atoms with Crippen LogP contribution in [0.25, 0.3) is 17.0 Å². The summed E-state index contributed by atoms with van der Waals surface area (Å²) in [6, 6.07) is 6.23. The van der Waals surface area contributed by atoms with Crippen LogP contribution in [0.1, 0.15) is 5.56 Å². The van der Waals surface area contributed by atoms with Crippen LogP contribution in [0.2, 0.25) is 0 Å². The number of para-hydroxylation sites is 1. The third kappa shape index (κ3) is 1.91. The van der Waals surface area contributed by atoms with Gasteiger partial charge in [-0.05, 0) is 23.8 Å². The summed E-state index contributed by atoms with van der Waals surface area (Å²) in [5, 5.41) is 9.12. The van der Waals surface area contributed by atoms with Gasteiger partial charge in [-0.1, -0.05) is 12.1 Å². The number of aliphatic carboxylic acids is 1. The van der Waals surface area contributed by atoms with Gasteiger partial charge in [0.05, 0.1) is 0 Å². The molecule has 2 rings (SSSR count). The van der Waals surface area contributed by atoms with Crippen LogP contribution in [-0.4, -0.2) is 16.1 Å². The van der Waals surface area contributed by atoms with Crippen LogP contribution in [0.4, 0.5) is 4.39 Å². The number of halogens is 1. The first kappa shape index (κ1) is 10.3. The van der Waals surface area contributed by atoms with E-state index in [1.165, 1.54) is 18.3 Å². The number of aromatic nitrogens is 1. The third-order valence-electron chi connectivity index (χ3n) is 2.16. The Kier molecular flexibility index (Phi) is 2.64. The van der Waals surface area contributed by atoms with Gasteiger partial charge in [0.1, 0.15) is 11.3 Å². The molecule has 0 bridgehead atoms. The van der Waals surface area contributed by atoms with E-state index in [4.69, 9.17) is 5.11 Å². The Labute approximate surface area is 90.9 Å². The van der Waals surface area contributed by atoms with Crippen LogP contribution in [0.5, 0.6) is 0 Å². The lowest BCUT2D eigenvalue weighted by Gasteiger charge is -2.01. The molecule has 0 spiro atoms. The van der Waals surface area contributed by atoms with Crippen molar-refractivity contribution in [2.75, 3.05) is 0 Å². The molecule has 1 aromatic heterocycles. The number of nitrogens with zero attached hydrogens (tertiary/aromatic N) is 1. The molecule has 16 heavy (non-hydrogen) atoms. The zero-order chi connectivity index (χ0) is 11.5. The van der Waals surface area contributed by atoms with Gasteiger partial charge in [-0.3, -0.25) is 4.98 Å².